The Morgan fingerprint density at radius 1 is 1.16 bits per heavy atom. The van der Waals surface area contributed by atoms with Gasteiger partial charge < -0.3 is 5.32 Å². The molecule has 0 bridgehead atoms. The second kappa shape index (κ2) is 7.44. The number of nitrogens with zero attached hydrogens (tertiary/aromatic N) is 4. The minimum Gasteiger partial charge on any atom is -0.323 e. The molecule has 0 aliphatic heterocycles. The summed E-state index contributed by atoms with van der Waals surface area (Å²) in [5.41, 5.74) is 2.66. The van der Waals surface area contributed by atoms with Crippen LogP contribution in [-0.2, 0) is 11.3 Å². The van der Waals surface area contributed by atoms with Gasteiger partial charge in [-0.05, 0) is 28.8 Å². The highest BCUT2D eigenvalue weighted by atomic mass is 35.5. The van der Waals surface area contributed by atoms with Crippen molar-refractivity contribution in [2.45, 2.75) is 26.3 Å². The zero-order chi connectivity index (χ0) is 17.8. The Bertz CT molecular complexity index is 873. The zero-order valence-electron chi connectivity index (χ0n) is 14.0. The molecule has 128 valence electrons. The van der Waals surface area contributed by atoms with E-state index in [4.69, 9.17) is 11.6 Å². The lowest BCUT2D eigenvalue weighted by Gasteiger charge is -2.06. The number of halogens is 1. The fourth-order valence-corrected chi connectivity index (χ4v) is 2.51. The third-order valence-electron chi connectivity index (χ3n) is 3.72. The van der Waals surface area contributed by atoms with Gasteiger partial charge in [0, 0.05) is 5.56 Å². The smallest absolute Gasteiger partial charge is 0.248 e. The minimum atomic E-state index is -0.271. The van der Waals surface area contributed by atoms with Crippen LogP contribution in [0.3, 0.4) is 0 Å². The van der Waals surface area contributed by atoms with Gasteiger partial charge in [0.05, 0.1) is 10.7 Å². The molecule has 7 heteroatoms. The Kier molecular flexibility index (Phi) is 5.09. The van der Waals surface area contributed by atoms with E-state index in [2.05, 4.69) is 34.6 Å². The highest BCUT2D eigenvalue weighted by Gasteiger charge is 2.11. The van der Waals surface area contributed by atoms with E-state index in [1.807, 2.05) is 24.3 Å². The Labute approximate surface area is 150 Å². The number of carbonyl (C=O) groups excluding carboxylic acids is 1. The Morgan fingerprint density at radius 2 is 1.88 bits per heavy atom. The first kappa shape index (κ1) is 17.1. The lowest BCUT2D eigenvalue weighted by Crippen LogP contribution is -2.20. The van der Waals surface area contributed by atoms with Gasteiger partial charge in [-0.25, -0.2) is 0 Å². The van der Waals surface area contributed by atoms with Gasteiger partial charge in [0.15, 0.2) is 0 Å². The summed E-state index contributed by atoms with van der Waals surface area (Å²) in [5.74, 6) is 0.680. The van der Waals surface area contributed by atoms with E-state index in [0.717, 1.165) is 5.56 Å². The van der Waals surface area contributed by atoms with E-state index in [-0.39, 0.29) is 12.5 Å². The fourth-order valence-electron chi connectivity index (χ4n) is 2.32. The van der Waals surface area contributed by atoms with Gasteiger partial charge >= 0.3 is 0 Å². The Hall–Kier alpha value is -2.73. The molecule has 25 heavy (non-hydrogen) atoms. The van der Waals surface area contributed by atoms with Gasteiger partial charge in [-0.3, -0.25) is 4.79 Å². The number of nitrogens with one attached hydrogen (secondary N) is 1. The van der Waals surface area contributed by atoms with Crippen LogP contribution >= 0.6 is 11.6 Å². The van der Waals surface area contributed by atoms with Crippen molar-refractivity contribution < 1.29 is 4.79 Å². The first-order valence-corrected chi connectivity index (χ1v) is 8.33. The van der Waals surface area contributed by atoms with Crippen LogP contribution in [-0.4, -0.2) is 26.1 Å². The predicted octanol–water partition coefficient (Wildman–Crippen LogP) is 3.76. The predicted molar refractivity (Wildman–Crippen MR) is 97.4 cm³/mol. The maximum atomic E-state index is 12.1. The molecule has 0 aliphatic carbocycles. The highest BCUT2D eigenvalue weighted by molar-refractivity contribution is 6.33. The second-order valence-corrected chi connectivity index (χ2v) is 6.36. The van der Waals surface area contributed by atoms with Crippen molar-refractivity contribution in [3.8, 4) is 11.4 Å². The summed E-state index contributed by atoms with van der Waals surface area (Å²) in [6.07, 6.45) is 0. The number of benzene rings is 2. The Balaban J connectivity index is 1.67. The molecular weight excluding hydrogens is 338 g/mol. The van der Waals surface area contributed by atoms with Gasteiger partial charge in [-0.2, -0.15) is 4.80 Å². The molecule has 0 saturated heterocycles. The average molecular weight is 356 g/mol. The number of amides is 1. The lowest BCUT2D eigenvalue weighted by atomic mass is 10.0. The lowest BCUT2D eigenvalue weighted by molar-refractivity contribution is -0.117. The number of para-hydroxylation sites is 1. The summed E-state index contributed by atoms with van der Waals surface area (Å²) >= 11 is 6.03. The molecule has 0 fully saturated rings. The van der Waals surface area contributed by atoms with Gasteiger partial charge in [0.2, 0.25) is 11.7 Å². The van der Waals surface area contributed by atoms with Crippen molar-refractivity contribution in [1.82, 2.24) is 20.2 Å². The van der Waals surface area contributed by atoms with Crippen molar-refractivity contribution in [1.29, 1.82) is 0 Å². The molecule has 1 aromatic heterocycles. The molecule has 0 saturated carbocycles. The van der Waals surface area contributed by atoms with Crippen LogP contribution in [0, 0.1) is 0 Å². The molecule has 0 radical (unpaired) electrons. The van der Waals surface area contributed by atoms with Gasteiger partial charge in [-0.15, -0.1) is 10.2 Å². The van der Waals surface area contributed by atoms with Gasteiger partial charge in [-0.1, -0.05) is 61.8 Å². The van der Waals surface area contributed by atoms with Crippen molar-refractivity contribution in [2.24, 2.45) is 0 Å². The summed E-state index contributed by atoms with van der Waals surface area (Å²) in [7, 11) is 0. The van der Waals surface area contributed by atoms with Crippen molar-refractivity contribution >= 4 is 23.2 Å². The van der Waals surface area contributed by atoms with Crippen molar-refractivity contribution in [3.05, 3.63) is 59.1 Å². The molecule has 3 aromatic rings. The monoisotopic (exact) mass is 355 g/mol. The molecule has 3 rings (SSSR count). The third-order valence-corrected chi connectivity index (χ3v) is 4.05. The van der Waals surface area contributed by atoms with Crippen LogP contribution in [0.25, 0.3) is 11.4 Å². The van der Waals surface area contributed by atoms with E-state index >= 15 is 0 Å². The quantitative estimate of drug-likeness (QED) is 0.756. The largest absolute Gasteiger partial charge is 0.323 e. The van der Waals surface area contributed by atoms with Crippen LogP contribution in [0.4, 0.5) is 5.69 Å². The van der Waals surface area contributed by atoms with E-state index in [1.54, 1.807) is 24.3 Å². The normalized spacial score (nSPS) is 10.9. The number of hydrogen-bond donors (Lipinski definition) is 1. The molecular formula is C18H18ClN5O. The molecule has 1 N–H and O–H groups in total. The molecule has 2 aromatic carbocycles. The number of aromatic nitrogens is 4. The first-order chi connectivity index (χ1) is 12.0. The molecule has 0 spiro atoms. The minimum absolute atomic E-state index is 0.0394. The van der Waals surface area contributed by atoms with Crippen molar-refractivity contribution in [3.63, 3.8) is 0 Å². The van der Waals surface area contributed by atoms with Crippen LogP contribution in [0.2, 0.25) is 5.02 Å². The summed E-state index contributed by atoms with van der Waals surface area (Å²) in [4.78, 5) is 13.4. The molecule has 1 heterocycles. The highest BCUT2D eigenvalue weighted by Crippen LogP contribution is 2.21. The zero-order valence-corrected chi connectivity index (χ0v) is 14.7. The van der Waals surface area contributed by atoms with Gasteiger partial charge in [0.25, 0.3) is 0 Å². The SMILES string of the molecule is CC(C)c1ccc(-c2nnn(CC(=O)Nc3ccccc3Cl)n2)cc1. The van der Waals surface area contributed by atoms with Crippen molar-refractivity contribution in [2.75, 3.05) is 5.32 Å². The van der Waals surface area contributed by atoms with E-state index < -0.39 is 0 Å². The topological polar surface area (TPSA) is 72.7 Å². The summed E-state index contributed by atoms with van der Waals surface area (Å²) in [5, 5.41) is 15.4. The molecule has 0 unspecified atom stereocenters. The number of hydrogen-bond acceptors (Lipinski definition) is 4. The van der Waals surface area contributed by atoms with E-state index in [9.17, 15) is 4.79 Å². The van der Waals surface area contributed by atoms with Crippen LogP contribution < -0.4 is 5.32 Å². The Morgan fingerprint density at radius 3 is 2.56 bits per heavy atom. The average Bonchev–Trinajstić information content (AvgIpc) is 3.05. The fraction of sp³-hybridized carbons (Fsp3) is 0.222. The molecule has 1 amide bonds. The standard InChI is InChI=1S/C18H18ClN5O/c1-12(2)13-7-9-14(10-8-13)18-21-23-24(22-18)11-17(25)20-16-6-4-3-5-15(16)19/h3-10,12H,11H2,1-2H3,(H,20,25). The number of anilines is 1. The summed E-state index contributed by atoms with van der Waals surface area (Å²) in [6, 6.07) is 15.1. The first-order valence-electron chi connectivity index (χ1n) is 7.95. The third kappa shape index (κ3) is 4.22. The number of tetrazole rings is 1. The molecule has 6 nitrogen and oxygen atoms in total. The van der Waals surface area contributed by atoms with E-state index in [1.165, 1.54) is 10.4 Å². The molecule has 0 aliphatic rings. The maximum Gasteiger partial charge on any atom is 0.248 e. The van der Waals surface area contributed by atoms with E-state index in [0.29, 0.717) is 22.5 Å². The number of rotatable bonds is 5. The van der Waals surface area contributed by atoms with Crippen LogP contribution in [0.5, 0.6) is 0 Å². The maximum absolute atomic E-state index is 12.1. The van der Waals surface area contributed by atoms with Crippen LogP contribution in [0.1, 0.15) is 25.3 Å². The summed E-state index contributed by atoms with van der Waals surface area (Å²) in [6.45, 7) is 4.24. The van der Waals surface area contributed by atoms with Crippen LogP contribution in [0.15, 0.2) is 48.5 Å². The molecule has 0 atom stereocenters. The van der Waals surface area contributed by atoms with Gasteiger partial charge in [0.1, 0.15) is 6.54 Å². The summed E-state index contributed by atoms with van der Waals surface area (Å²) < 4.78 is 0. The second-order valence-electron chi connectivity index (χ2n) is 5.95. The number of carbonyl (C=O) groups is 1.